The molecule has 0 aliphatic carbocycles. The van der Waals surface area contributed by atoms with Crippen molar-refractivity contribution < 1.29 is 9.59 Å². The van der Waals surface area contributed by atoms with Gasteiger partial charge in [0.2, 0.25) is 6.41 Å². The molecular weight excluding hydrogens is 298 g/mol. The minimum atomic E-state index is 0.0557. The van der Waals surface area contributed by atoms with E-state index in [9.17, 15) is 9.59 Å². The Balaban J connectivity index is 2.58. The highest BCUT2D eigenvalue weighted by Crippen LogP contribution is 2.15. The van der Waals surface area contributed by atoms with Crippen LogP contribution < -0.4 is 0 Å². The first-order valence-electron chi connectivity index (χ1n) is 8.97. The van der Waals surface area contributed by atoms with E-state index >= 15 is 0 Å². The number of hydrogen-bond acceptors (Lipinski definition) is 2. The van der Waals surface area contributed by atoms with Gasteiger partial charge in [0.15, 0.2) is 5.78 Å². The maximum absolute atomic E-state index is 12.3. The molecule has 0 aliphatic rings. The second-order valence-corrected chi connectivity index (χ2v) is 6.75. The summed E-state index contributed by atoms with van der Waals surface area (Å²) in [4.78, 5) is 25.6. The van der Waals surface area contributed by atoms with E-state index in [0.717, 1.165) is 31.2 Å². The maximum atomic E-state index is 12.3. The molecule has 0 aromatic heterocycles. The number of carbonyl (C=O) groups excluding carboxylic acids is 2. The third-order valence-electron chi connectivity index (χ3n) is 4.38. The lowest BCUT2D eigenvalue weighted by Gasteiger charge is -2.27. The molecule has 0 saturated carbocycles. The van der Waals surface area contributed by atoms with Crippen LogP contribution in [0.4, 0.5) is 0 Å². The van der Waals surface area contributed by atoms with Gasteiger partial charge in [0.05, 0.1) is 0 Å². The van der Waals surface area contributed by atoms with E-state index < -0.39 is 0 Å². The lowest BCUT2D eigenvalue weighted by molar-refractivity contribution is -0.120. The Morgan fingerprint density at radius 1 is 1.17 bits per heavy atom. The summed E-state index contributed by atoms with van der Waals surface area (Å²) in [6.07, 6.45) is 6.75. The molecular formula is C21H31NO2. The smallest absolute Gasteiger partial charge is 0.209 e. The molecule has 0 aliphatic heterocycles. The topological polar surface area (TPSA) is 37.4 Å². The molecule has 24 heavy (non-hydrogen) atoms. The van der Waals surface area contributed by atoms with Gasteiger partial charge in [-0.05, 0) is 44.1 Å². The van der Waals surface area contributed by atoms with Gasteiger partial charge in [-0.15, -0.1) is 0 Å². The standard InChI is InChI=1S/C21H31NO2/c1-5-20(14-13-17(2)3)22(16-23)15-9-10-18(4)21(24)19-11-7-6-8-12-19/h6-8,10-12,16-17,20H,5,9,13-15H2,1-4H3/b18-10+. The molecule has 1 rings (SSSR count). The number of ketones is 1. The number of Topliss-reactive ketones (excluding diaryl/α,β-unsaturated/α-hetero) is 1. The Bertz CT molecular complexity index is 534. The summed E-state index contributed by atoms with van der Waals surface area (Å²) in [5.41, 5.74) is 1.45. The molecule has 1 atom stereocenters. The van der Waals surface area contributed by atoms with Gasteiger partial charge in [-0.2, -0.15) is 0 Å². The lowest BCUT2D eigenvalue weighted by Crippen LogP contribution is -2.34. The minimum absolute atomic E-state index is 0.0557. The number of rotatable bonds is 11. The second-order valence-electron chi connectivity index (χ2n) is 6.75. The van der Waals surface area contributed by atoms with Gasteiger partial charge >= 0.3 is 0 Å². The van der Waals surface area contributed by atoms with Crippen LogP contribution in [0.2, 0.25) is 0 Å². The molecule has 0 bridgehead atoms. The summed E-state index contributed by atoms with van der Waals surface area (Å²) < 4.78 is 0. The van der Waals surface area contributed by atoms with Gasteiger partial charge in [-0.25, -0.2) is 0 Å². The third kappa shape index (κ3) is 6.69. The number of carbonyl (C=O) groups is 2. The Morgan fingerprint density at radius 2 is 1.83 bits per heavy atom. The molecule has 0 fully saturated rings. The van der Waals surface area contributed by atoms with E-state index in [2.05, 4.69) is 20.8 Å². The van der Waals surface area contributed by atoms with E-state index in [1.54, 1.807) is 0 Å². The summed E-state index contributed by atoms with van der Waals surface area (Å²) in [5.74, 6) is 0.707. The van der Waals surface area contributed by atoms with Crippen LogP contribution in [0.1, 0.15) is 63.7 Å². The average molecular weight is 329 g/mol. The van der Waals surface area contributed by atoms with Gasteiger partial charge in [0.1, 0.15) is 0 Å². The van der Waals surface area contributed by atoms with E-state index in [1.165, 1.54) is 0 Å². The number of hydrogen-bond donors (Lipinski definition) is 0. The van der Waals surface area contributed by atoms with E-state index in [4.69, 9.17) is 0 Å². The number of amides is 1. The van der Waals surface area contributed by atoms with Crippen molar-refractivity contribution in [2.24, 2.45) is 5.92 Å². The van der Waals surface area contributed by atoms with Crippen LogP contribution in [-0.2, 0) is 4.79 Å². The molecule has 1 amide bonds. The third-order valence-corrected chi connectivity index (χ3v) is 4.38. The van der Waals surface area contributed by atoms with E-state index in [-0.39, 0.29) is 5.78 Å². The van der Waals surface area contributed by atoms with Gasteiger partial charge < -0.3 is 4.90 Å². The van der Waals surface area contributed by atoms with E-state index in [0.29, 0.717) is 30.5 Å². The Hall–Kier alpha value is -1.90. The molecule has 0 heterocycles. The molecule has 0 spiro atoms. The number of allylic oxidation sites excluding steroid dienone is 1. The number of nitrogens with zero attached hydrogens (tertiary/aromatic N) is 1. The van der Waals surface area contributed by atoms with Crippen molar-refractivity contribution >= 4 is 12.2 Å². The van der Waals surface area contributed by atoms with Gasteiger partial charge in [-0.1, -0.05) is 57.2 Å². The summed E-state index contributed by atoms with van der Waals surface area (Å²) in [7, 11) is 0. The van der Waals surface area contributed by atoms with Crippen molar-refractivity contribution in [1.29, 1.82) is 0 Å². The van der Waals surface area contributed by atoms with Crippen LogP contribution in [0.15, 0.2) is 42.0 Å². The Morgan fingerprint density at radius 3 is 2.38 bits per heavy atom. The van der Waals surface area contributed by atoms with Gasteiger partial charge in [-0.3, -0.25) is 9.59 Å². The van der Waals surface area contributed by atoms with Gasteiger partial charge in [0.25, 0.3) is 0 Å². The summed E-state index contributed by atoms with van der Waals surface area (Å²) in [5, 5.41) is 0. The molecule has 1 aromatic rings. The maximum Gasteiger partial charge on any atom is 0.209 e. The average Bonchev–Trinajstić information content (AvgIpc) is 2.60. The predicted octanol–water partition coefficient (Wildman–Crippen LogP) is 4.88. The highest BCUT2D eigenvalue weighted by molar-refractivity contribution is 6.08. The first kappa shape index (κ1) is 20.1. The Kier molecular flexibility index (Phi) is 9.06. The SMILES string of the molecule is CCC(CCC(C)C)N(C=O)CC/C=C(\C)C(=O)c1ccccc1. The zero-order valence-corrected chi connectivity index (χ0v) is 15.5. The zero-order valence-electron chi connectivity index (χ0n) is 15.5. The van der Waals surface area contributed by atoms with Crippen molar-refractivity contribution in [2.75, 3.05) is 6.54 Å². The van der Waals surface area contributed by atoms with Crippen LogP contribution in [0, 0.1) is 5.92 Å². The Labute approximate surface area is 146 Å². The van der Waals surface area contributed by atoms with Crippen LogP contribution in [-0.4, -0.2) is 29.7 Å². The second kappa shape index (κ2) is 10.8. The zero-order chi connectivity index (χ0) is 17.9. The summed E-state index contributed by atoms with van der Waals surface area (Å²) in [6.45, 7) is 9.05. The molecule has 3 nitrogen and oxygen atoms in total. The van der Waals surface area contributed by atoms with Crippen molar-refractivity contribution in [3.63, 3.8) is 0 Å². The normalized spacial score (nSPS) is 13.0. The predicted molar refractivity (Wildman–Crippen MR) is 100 cm³/mol. The number of benzene rings is 1. The van der Waals surface area contributed by atoms with E-state index in [1.807, 2.05) is 48.2 Å². The van der Waals surface area contributed by atoms with Crippen LogP contribution in [0.25, 0.3) is 0 Å². The lowest BCUT2D eigenvalue weighted by atomic mass is 10.0. The molecule has 1 unspecified atom stereocenters. The first-order valence-corrected chi connectivity index (χ1v) is 8.97. The molecule has 0 radical (unpaired) electrons. The minimum Gasteiger partial charge on any atom is -0.342 e. The van der Waals surface area contributed by atoms with Gasteiger partial charge in [0, 0.05) is 18.2 Å². The van der Waals surface area contributed by atoms with Crippen LogP contribution in [0.3, 0.4) is 0 Å². The molecule has 3 heteroatoms. The highest BCUT2D eigenvalue weighted by atomic mass is 16.1. The van der Waals surface area contributed by atoms with Crippen molar-refractivity contribution in [3.05, 3.63) is 47.5 Å². The molecule has 0 saturated heterocycles. The fourth-order valence-corrected chi connectivity index (χ4v) is 2.79. The fraction of sp³-hybridized carbons (Fsp3) is 0.524. The quantitative estimate of drug-likeness (QED) is 0.330. The largest absolute Gasteiger partial charge is 0.342 e. The summed E-state index contributed by atoms with van der Waals surface area (Å²) in [6, 6.07) is 9.60. The van der Waals surface area contributed by atoms with Crippen LogP contribution >= 0.6 is 0 Å². The monoisotopic (exact) mass is 329 g/mol. The molecule has 1 aromatic carbocycles. The molecule has 0 N–H and O–H groups in total. The first-order chi connectivity index (χ1) is 11.5. The van der Waals surface area contributed by atoms with Crippen molar-refractivity contribution in [3.8, 4) is 0 Å². The van der Waals surface area contributed by atoms with Crippen molar-refractivity contribution in [1.82, 2.24) is 4.90 Å². The fourth-order valence-electron chi connectivity index (χ4n) is 2.79. The van der Waals surface area contributed by atoms with Crippen LogP contribution in [0.5, 0.6) is 0 Å². The molecule has 132 valence electrons. The summed E-state index contributed by atoms with van der Waals surface area (Å²) >= 11 is 0. The highest BCUT2D eigenvalue weighted by Gasteiger charge is 2.15. The van der Waals surface area contributed by atoms with Crippen molar-refractivity contribution in [2.45, 2.75) is 59.4 Å².